The fourth-order valence-electron chi connectivity index (χ4n) is 2.50. The third-order valence-electron chi connectivity index (χ3n) is 3.14. The first-order valence-electron chi connectivity index (χ1n) is 4.69. The van der Waals surface area contributed by atoms with E-state index in [2.05, 4.69) is 10.1 Å². The molecule has 2 fully saturated rings. The first kappa shape index (κ1) is 8.52. The number of nitriles is 1. The van der Waals surface area contributed by atoms with Crippen molar-refractivity contribution < 1.29 is 5.21 Å². The zero-order valence-electron chi connectivity index (χ0n) is 7.48. The van der Waals surface area contributed by atoms with Crippen LogP contribution in [-0.4, -0.2) is 35.5 Å². The molecular formula is C9H13N3O. The lowest BCUT2D eigenvalue weighted by Gasteiger charge is -2.21. The predicted octanol–water partition coefficient (Wildman–Crippen LogP) is 0.682. The van der Waals surface area contributed by atoms with Gasteiger partial charge in [-0.05, 0) is 25.3 Å². The van der Waals surface area contributed by atoms with E-state index in [0.717, 1.165) is 19.6 Å². The van der Waals surface area contributed by atoms with Crippen molar-refractivity contribution in [2.45, 2.75) is 12.8 Å². The van der Waals surface area contributed by atoms with Crippen LogP contribution in [0.15, 0.2) is 5.16 Å². The largest absolute Gasteiger partial charge is 0.410 e. The summed E-state index contributed by atoms with van der Waals surface area (Å²) in [6.07, 6.45) is 2.38. The molecule has 4 nitrogen and oxygen atoms in total. The van der Waals surface area contributed by atoms with Crippen LogP contribution in [0.1, 0.15) is 12.8 Å². The number of rotatable bonds is 1. The van der Waals surface area contributed by atoms with Crippen LogP contribution in [-0.2, 0) is 0 Å². The van der Waals surface area contributed by atoms with E-state index in [0.29, 0.717) is 11.6 Å². The highest BCUT2D eigenvalue weighted by Crippen LogP contribution is 2.32. The minimum atomic E-state index is 0.178. The third kappa shape index (κ3) is 1.40. The predicted molar refractivity (Wildman–Crippen MR) is 47.5 cm³/mol. The van der Waals surface area contributed by atoms with E-state index in [4.69, 9.17) is 10.5 Å². The molecule has 0 amide bonds. The smallest absolute Gasteiger partial charge is 0.161 e. The number of piperidine rings is 1. The Bertz CT molecular complexity index is 269. The van der Waals surface area contributed by atoms with Gasteiger partial charge in [0.15, 0.2) is 5.71 Å². The van der Waals surface area contributed by atoms with Gasteiger partial charge in [-0.25, -0.2) is 0 Å². The summed E-state index contributed by atoms with van der Waals surface area (Å²) in [5.41, 5.74) is 0.314. The standard InChI is InChI=1S/C9H13N3O/c10-4-9(11-13)8-6-12-3-1-2-7(8)5-12/h7-8,13H,1-3,5-6H2. The van der Waals surface area contributed by atoms with Crippen molar-refractivity contribution in [2.24, 2.45) is 17.0 Å². The average molecular weight is 179 g/mol. The van der Waals surface area contributed by atoms with Gasteiger partial charge in [0, 0.05) is 19.0 Å². The fourth-order valence-corrected chi connectivity index (χ4v) is 2.50. The van der Waals surface area contributed by atoms with Crippen LogP contribution in [0.2, 0.25) is 0 Å². The lowest BCUT2D eigenvalue weighted by molar-refractivity contribution is 0.269. The molecule has 70 valence electrons. The van der Waals surface area contributed by atoms with Gasteiger partial charge in [-0.1, -0.05) is 5.16 Å². The van der Waals surface area contributed by atoms with E-state index >= 15 is 0 Å². The minimum Gasteiger partial charge on any atom is -0.410 e. The minimum absolute atomic E-state index is 0.178. The maximum Gasteiger partial charge on any atom is 0.161 e. The second-order valence-corrected chi connectivity index (χ2v) is 3.87. The van der Waals surface area contributed by atoms with Crippen molar-refractivity contribution in [3.63, 3.8) is 0 Å². The summed E-state index contributed by atoms with van der Waals surface area (Å²) in [6.45, 7) is 3.11. The van der Waals surface area contributed by atoms with E-state index < -0.39 is 0 Å². The van der Waals surface area contributed by atoms with Gasteiger partial charge in [0.2, 0.25) is 0 Å². The lowest BCUT2D eigenvalue weighted by Crippen LogP contribution is -2.25. The Morgan fingerprint density at radius 3 is 3.00 bits per heavy atom. The summed E-state index contributed by atoms with van der Waals surface area (Å²) in [5.74, 6) is 0.719. The van der Waals surface area contributed by atoms with Gasteiger partial charge in [0.05, 0.1) is 0 Å². The maximum atomic E-state index is 8.75. The van der Waals surface area contributed by atoms with Gasteiger partial charge in [-0.15, -0.1) is 0 Å². The molecule has 2 rings (SSSR count). The van der Waals surface area contributed by atoms with Crippen molar-refractivity contribution in [1.82, 2.24) is 4.90 Å². The Labute approximate surface area is 77.4 Å². The quantitative estimate of drug-likeness (QED) is 0.366. The van der Waals surface area contributed by atoms with Gasteiger partial charge in [-0.3, -0.25) is 0 Å². The van der Waals surface area contributed by atoms with Crippen LogP contribution in [0.4, 0.5) is 0 Å². The van der Waals surface area contributed by atoms with Gasteiger partial charge in [-0.2, -0.15) is 5.26 Å². The fraction of sp³-hybridized carbons (Fsp3) is 0.778. The second-order valence-electron chi connectivity index (χ2n) is 3.87. The van der Waals surface area contributed by atoms with Crippen LogP contribution in [0.3, 0.4) is 0 Å². The normalized spacial score (nSPS) is 38.7. The highest BCUT2D eigenvalue weighted by atomic mass is 16.4. The second kappa shape index (κ2) is 3.35. The Balaban J connectivity index is 2.13. The van der Waals surface area contributed by atoms with Gasteiger partial charge in [0.1, 0.15) is 6.07 Å². The van der Waals surface area contributed by atoms with Crippen molar-refractivity contribution in [1.29, 1.82) is 5.26 Å². The van der Waals surface area contributed by atoms with E-state index in [1.165, 1.54) is 12.8 Å². The Morgan fingerprint density at radius 2 is 2.38 bits per heavy atom. The SMILES string of the molecule is N#CC(=NO)C1CN2CCCC1C2. The Morgan fingerprint density at radius 1 is 1.54 bits per heavy atom. The molecule has 2 heterocycles. The van der Waals surface area contributed by atoms with Crippen LogP contribution in [0.5, 0.6) is 0 Å². The molecule has 0 aromatic heterocycles. The van der Waals surface area contributed by atoms with Gasteiger partial charge in [0.25, 0.3) is 0 Å². The molecule has 0 aromatic carbocycles. The lowest BCUT2D eigenvalue weighted by atomic mass is 9.88. The molecule has 0 spiro atoms. The van der Waals surface area contributed by atoms with E-state index in [9.17, 15) is 0 Å². The molecule has 0 aliphatic carbocycles. The summed E-state index contributed by atoms with van der Waals surface area (Å²) in [4.78, 5) is 2.35. The van der Waals surface area contributed by atoms with Crippen molar-refractivity contribution in [3.8, 4) is 6.07 Å². The van der Waals surface area contributed by atoms with Crippen molar-refractivity contribution in [3.05, 3.63) is 0 Å². The molecule has 4 heteroatoms. The zero-order valence-corrected chi connectivity index (χ0v) is 7.48. The molecule has 2 bridgehead atoms. The number of hydrogen-bond acceptors (Lipinski definition) is 4. The summed E-state index contributed by atoms with van der Waals surface area (Å²) in [7, 11) is 0. The molecule has 0 saturated carbocycles. The Kier molecular flexibility index (Phi) is 2.19. The highest BCUT2D eigenvalue weighted by Gasteiger charge is 2.38. The topological polar surface area (TPSA) is 59.6 Å². The van der Waals surface area contributed by atoms with Gasteiger partial charge < -0.3 is 10.1 Å². The summed E-state index contributed by atoms with van der Waals surface area (Å²) >= 11 is 0. The number of oxime groups is 1. The third-order valence-corrected chi connectivity index (χ3v) is 3.14. The molecule has 0 aromatic rings. The summed E-state index contributed by atoms with van der Waals surface area (Å²) < 4.78 is 0. The summed E-state index contributed by atoms with van der Waals surface area (Å²) in [6, 6.07) is 1.98. The van der Waals surface area contributed by atoms with Crippen LogP contribution in [0, 0.1) is 23.2 Å². The van der Waals surface area contributed by atoms with E-state index in [1.54, 1.807) is 0 Å². The van der Waals surface area contributed by atoms with Gasteiger partial charge >= 0.3 is 0 Å². The van der Waals surface area contributed by atoms with Crippen molar-refractivity contribution in [2.75, 3.05) is 19.6 Å². The number of nitrogens with zero attached hydrogens (tertiary/aromatic N) is 3. The first-order chi connectivity index (χ1) is 6.35. The van der Waals surface area contributed by atoms with Crippen LogP contribution in [0.25, 0.3) is 0 Å². The van der Waals surface area contributed by atoms with Crippen molar-refractivity contribution >= 4 is 5.71 Å². The molecule has 0 radical (unpaired) electrons. The molecule has 3 atom stereocenters. The first-order valence-corrected chi connectivity index (χ1v) is 4.69. The number of hydrogen-bond donors (Lipinski definition) is 1. The Hall–Kier alpha value is -1.08. The molecule has 2 aliphatic heterocycles. The molecule has 13 heavy (non-hydrogen) atoms. The molecule has 2 saturated heterocycles. The molecular weight excluding hydrogens is 166 g/mol. The summed E-state index contributed by atoms with van der Waals surface area (Å²) in [5, 5.41) is 20.5. The average Bonchev–Trinajstić information content (AvgIpc) is 2.45. The zero-order chi connectivity index (χ0) is 9.26. The van der Waals surface area contributed by atoms with Crippen LogP contribution < -0.4 is 0 Å². The van der Waals surface area contributed by atoms with E-state index in [-0.39, 0.29) is 5.92 Å². The highest BCUT2D eigenvalue weighted by molar-refractivity contribution is 6.00. The maximum absolute atomic E-state index is 8.75. The molecule has 3 unspecified atom stereocenters. The van der Waals surface area contributed by atoms with E-state index in [1.807, 2.05) is 6.07 Å². The van der Waals surface area contributed by atoms with Crippen LogP contribution >= 0.6 is 0 Å². The molecule has 2 aliphatic rings. The monoisotopic (exact) mass is 179 g/mol. The number of fused-ring (bicyclic) bond motifs is 2. The molecule has 1 N–H and O–H groups in total.